The lowest BCUT2D eigenvalue weighted by Crippen LogP contribution is -2.54. The number of hydrogen-bond donors (Lipinski definition) is 1. The number of piperidine rings is 1. The molecule has 0 aliphatic carbocycles. The molecule has 0 radical (unpaired) electrons. The number of nitrogens with two attached hydrogens (primary N) is 1. The van der Waals surface area contributed by atoms with E-state index < -0.39 is 5.54 Å². The smallest absolute Gasteiger partial charge is 0.242 e. The molecule has 1 saturated heterocycles. The zero-order valence-corrected chi connectivity index (χ0v) is 11.5. The van der Waals surface area contributed by atoms with Gasteiger partial charge in [0.2, 0.25) is 5.91 Å². The second kappa shape index (κ2) is 6.45. The Labute approximate surface area is 105 Å². The Morgan fingerprint density at radius 1 is 1.44 bits per heavy atom. The number of hydrogen-bond acceptors (Lipinski definition) is 2. The fourth-order valence-corrected chi connectivity index (χ4v) is 2.20. The van der Waals surface area contributed by atoms with Crippen LogP contribution in [0.5, 0.6) is 0 Å². The highest BCUT2D eigenvalue weighted by Gasteiger charge is 2.32. The molecule has 3 nitrogen and oxygen atoms in total. The van der Waals surface area contributed by atoms with Crippen LogP contribution in [0.25, 0.3) is 0 Å². The molecule has 4 heteroatoms. The van der Waals surface area contributed by atoms with Gasteiger partial charge in [-0.1, -0.05) is 20.3 Å². The Hall–Kier alpha value is -0.280. The molecule has 0 spiro atoms. The first kappa shape index (κ1) is 15.7. The van der Waals surface area contributed by atoms with E-state index in [-0.39, 0.29) is 18.3 Å². The van der Waals surface area contributed by atoms with E-state index in [1.165, 1.54) is 0 Å². The van der Waals surface area contributed by atoms with Crippen molar-refractivity contribution in [2.45, 2.75) is 52.0 Å². The first-order valence-electron chi connectivity index (χ1n) is 6.05. The fourth-order valence-electron chi connectivity index (χ4n) is 2.20. The molecular formula is C12H25ClN2O. The van der Waals surface area contributed by atoms with Crippen LogP contribution in [0.2, 0.25) is 0 Å². The number of rotatable bonds is 3. The van der Waals surface area contributed by atoms with Crippen molar-refractivity contribution in [1.82, 2.24) is 4.90 Å². The van der Waals surface area contributed by atoms with Gasteiger partial charge in [-0.3, -0.25) is 4.79 Å². The maximum atomic E-state index is 12.1. The average Bonchev–Trinajstić information content (AvgIpc) is 2.18. The molecule has 1 unspecified atom stereocenters. The van der Waals surface area contributed by atoms with Crippen LogP contribution in [0.3, 0.4) is 0 Å². The van der Waals surface area contributed by atoms with Crippen molar-refractivity contribution in [2.24, 2.45) is 11.7 Å². The highest BCUT2D eigenvalue weighted by molar-refractivity contribution is 5.86. The van der Waals surface area contributed by atoms with Gasteiger partial charge in [0.15, 0.2) is 0 Å². The van der Waals surface area contributed by atoms with Crippen LogP contribution in [0, 0.1) is 5.92 Å². The molecule has 16 heavy (non-hydrogen) atoms. The Balaban J connectivity index is 0.00000225. The van der Waals surface area contributed by atoms with E-state index in [9.17, 15) is 4.79 Å². The lowest BCUT2D eigenvalue weighted by Gasteiger charge is -2.36. The van der Waals surface area contributed by atoms with Crippen molar-refractivity contribution < 1.29 is 4.79 Å². The van der Waals surface area contributed by atoms with Gasteiger partial charge in [-0.2, -0.15) is 0 Å². The Kier molecular flexibility index (Phi) is 6.34. The number of nitrogens with zero attached hydrogens (tertiary/aromatic N) is 1. The standard InChI is InChI=1S/C12H24N2O.ClH/c1-4-7-12(3,13)11(15)14-8-5-10(2)6-9-14;/h10H,4-9,13H2,1-3H3;1H. The molecule has 0 bridgehead atoms. The summed E-state index contributed by atoms with van der Waals surface area (Å²) in [4.78, 5) is 14.1. The van der Waals surface area contributed by atoms with Crippen LogP contribution < -0.4 is 5.73 Å². The van der Waals surface area contributed by atoms with Gasteiger partial charge >= 0.3 is 0 Å². The minimum Gasteiger partial charge on any atom is -0.341 e. The molecule has 1 aliphatic rings. The second-order valence-electron chi connectivity index (χ2n) is 5.14. The van der Waals surface area contributed by atoms with E-state index >= 15 is 0 Å². The summed E-state index contributed by atoms with van der Waals surface area (Å²) in [6, 6.07) is 0. The zero-order chi connectivity index (χ0) is 11.5. The lowest BCUT2D eigenvalue weighted by molar-refractivity contribution is -0.138. The van der Waals surface area contributed by atoms with Crippen molar-refractivity contribution in [2.75, 3.05) is 13.1 Å². The van der Waals surface area contributed by atoms with Crippen LogP contribution in [0.15, 0.2) is 0 Å². The summed E-state index contributed by atoms with van der Waals surface area (Å²) in [5.41, 5.74) is 5.39. The van der Waals surface area contributed by atoms with Gasteiger partial charge in [-0.25, -0.2) is 0 Å². The van der Waals surface area contributed by atoms with Gasteiger partial charge in [-0.05, 0) is 32.1 Å². The lowest BCUT2D eigenvalue weighted by atomic mass is 9.93. The molecule has 1 atom stereocenters. The maximum Gasteiger partial charge on any atom is 0.242 e. The predicted octanol–water partition coefficient (Wildman–Crippen LogP) is 2.18. The van der Waals surface area contributed by atoms with E-state index in [0.717, 1.165) is 44.7 Å². The molecule has 0 aromatic carbocycles. The summed E-state index contributed by atoms with van der Waals surface area (Å²) in [6.07, 6.45) is 3.97. The maximum absolute atomic E-state index is 12.1. The van der Waals surface area contributed by atoms with E-state index in [0.29, 0.717) is 0 Å². The first-order valence-corrected chi connectivity index (χ1v) is 6.05. The van der Waals surface area contributed by atoms with Gasteiger partial charge in [0.25, 0.3) is 0 Å². The summed E-state index contributed by atoms with van der Waals surface area (Å²) in [7, 11) is 0. The molecule has 96 valence electrons. The van der Waals surface area contributed by atoms with Crippen molar-refractivity contribution in [3.05, 3.63) is 0 Å². The molecule has 0 aromatic rings. The van der Waals surface area contributed by atoms with Crippen LogP contribution in [0.1, 0.15) is 46.5 Å². The van der Waals surface area contributed by atoms with Crippen molar-refractivity contribution in [3.8, 4) is 0 Å². The number of amides is 1. The average molecular weight is 249 g/mol. The molecule has 1 fully saturated rings. The third-order valence-corrected chi connectivity index (χ3v) is 3.33. The summed E-state index contributed by atoms with van der Waals surface area (Å²) < 4.78 is 0. The van der Waals surface area contributed by atoms with Crippen molar-refractivity contribution >= 4 is 18.3 Å². The monoisotopic (exact) mass is 248 g/mol. The normalized spacial score (nSPS) is 21.1. The summed E-state index contributed by atoms with van der Waals surface area (Å²) in [5, 5.41) is 0. The fraction of sp³-hybridized carbons (Fsp3) is 0.917. The SMILES string of the molecule is CCCC(C)(N)C(=O)N1CCC(C)CC1.Cl. The van der Waals surface area contributed by atoms with Crippen molar-refractivity contribution in [1.29, 1.82) is 0 Å². The van der Waals surface area contributed by atoms with Gasteiger partial charge in [-0.15, -0.1) is 12.4 Å². The van der Waals surface area contributed by atoms with Crippen molar-refractivity contribution in [3.63, 3.8) is 0 Å². The minimum absolute atomic E-state index is 0. The minimum atomic E-state index is -0.657. The van der Waals surface area contributed by atoms with Crippen LogP contribution >= 0.6 is 12.4 Å². The molecule has 1 aliphatic heterocycles. The molecule has 1 rings (SSSR count). The van der Waals surface area contributed by atoms with E-state index in [1.54, 1.807) is 0 Å². The van der Waals surface area contributed by atoms with Gasteiger partial charge < -0.3 is 10.6 Å². The molecule has 2 N–H and O–H groups in total. The highest BCUT2D eigenvalue weighted by Crippen LogP contribution is 2.20. The second-order valence-corrected chi connectivity index (χ2v) is 5.14. The summed E-state index contributed by atoms with van der Waals surface area (Å²) >= 11 is 0. The van der Waals surface area contributed by atoms with E-state index in [1.807, 2.05) is 11.8 Å². The van der Waals surface area contributed by atoms with Gasteiger partial charge in [0.05, 0.1) is 5.54 Å². The first-order chi connectivity index (χ1) is 6.97. The number of halogens is 1. The zero-order valence-electron chi connectivity index (χ0n) is 10.7. The predicted molar refractivity (Wildman–Crippen MR) is 69.7 cm³/mol. The highest BCUT2D eigenvalue weighted by atomic mass is 35.5. The number of carbonyl (C=O) groups excluding carboxylic acids is 1. The quantitative estimate of drug-likeness (QED) is 0.832. The summed E-state index contributed by atoms with van der Waals surface area (Å²) in [5.74, 6) is 0.889. The topological polar surface area (TPSA) is 46.3 Å². The van der Waals surface area contributed by atoms with Crippen LogP contribution in [-0.2, 0) is 4.79 Å². The van der Waals surface area contributed by atoms with Crippen LogP contribution in [0.4, 0.5) is 0 Å². The Morgan fingerprint density at radius 3 is 2.38 bits per heavy atom. The van der Waals surface area contributed by atoms with Gasteiger partial charge in [0.1, 0.15) is 0 Å². The number of likely N-dealkylation sites (tertiary alicyclic amines) is 1. The molecule has 0 aromatic heterocycles. The summed E-state index contributed by atoms with van der Waals surface area (Å²) in [6.45, 7) is 7.94. The third kappa shape index (κ3) is 3.95. The Bertz CT molecular complexity index is 223. The van der Waals surface area contributed by atoms with Crippen LogP contribution in [-0.4, -0.2) is 29.4 Å². The Morgan fingerprint density at radius 2 is 1.94 bits per heavy atom. The molecule has 0 saturated carbocycles. The number of carbonyl (C=O) groups is 1. The van der Waals surface area contributed by atoms with E-state index in [2.05, 4.69) is 13.8 Å². The molecule has 1 amide bonds. The third-order valence-electron chi connectivity index (χ3n) is 3.33. The molecule has 1 heterocycles. The van der Waals surface area contributed by atoms with E-state index in [4.69, 9.17) is 5.73 Å². The largest absolute Gasteiger partial charge is 0.341 e. The van der Waals surface area contributed by atoms with Gasteiger partial charge in [0, 0.05) is 13.1 Å². The molecular weight excluding hydrogens is 224 g/mol.